The number of carbonyl (C=O) groups excluding carboxylic acids is 1. The Morgan fingerprint density at radius 2 is 2.03 bits per heavy atom. The molecule has 0 spiro atoms. The number of benzene rings is 1. The topological polar surface area (TPSA) is 66.9 Å². The van der Waals surface area contributed by atoms with Crippen molar-refractivity contribution in [2.75, 3.05) is 14.2 Å². The molecule has 0 saturated heterocycles. The Hall–Kier alpha value is -2.82. The van der Waals surface area contributed by atoms with Gasteiger partial charge in [-0.3, -0.25) is 0 Å². The maximum absolute atomic E-state index is 13.0. The van der Waals surface area contributed by atoms with Crippen molar-refractivity contribution < 1.29 is 41.3 Å². The van der Waals surface area contributed by atoms with Crippen LogP contribution in [0.15, 0.2) is 30.7 Å². The van der Waals surface area contributed by atoms with E-state index in [1.54, 1.807) is 6.92 Å². The molecule has 158 valence electrons. The molecule has 0 saturated carbocycles. The van der Waals surface area contributed by atoms with Crippen molar-refractivity contribution in [1.29, 1.82) is 0 Å². The third-order valence-electron chi connectivity index (χ3n) is 3.56. The van der Waals surface area contributed by atoms with Gasteiger partial charge in [0, 0.05) is 0 Å². The van der Waals surface area contributed by atoms with Crippen molar-refractivity contribution >= 4 is 22.9 Å². The first-order valence-electron chi connectivity index (χ1n) is 8.02. The lowest BCUT2D eigenvalue weighted by molar-refractivity contribution is -0.253. The van der Waals surface area contributed by atoms with E-state index in [0.717, 1.165) is 17.4 Å². The Balaban J connectivity index is 2.06. The quantitative estimate of drug-likeness (QED) is 0.251. The summed E-state index contributed by atoms with van der Waals surface area (Å²) in [6.07, 6.45) is -5.87. The number of rotatable bonds is 9. The number of methoxy groups -OCH3 is 2. The second kappa shape index (κ2) is 9.59. The standard InChI is InChI=1S/C18H17F4NO5S/c1-10-6-12(28-18(21,22)16(19)20)5-4-11(10)8-27-17-23-7-14(29-17)13(9-25-2)15(24)26-3/h4-7,9,16H,8H2,1-3H3. The van der Waals surface area contributed by atoms with Crippen LogP contribution in [0.25, 0.3) is 5.57 Å². The molecule has 2 rings (SSSR count). The third-order valence-corrected chi connectivity index (χ3v) is 4.51. The summed E-state index contributed by atoms with van der Waals surface area (Å²) in [6.45, 7) is 1.63. The molecule has 0 amide bonds. The second-order valence-corrected chi connectivity index (χ2v) is 6.58. The number of aromatic nitrogens is 1. The molecule has 0 radical (unpaired) electrons. The first-order chi connectivity index (χ1) is 13.7. The Labute approximate surface area is 167 Å². The zero-order valence-electron chi connectivity index (χ0n) is 15.6. The summed E-state index contributed by atoms with van der Waals surface area (Å²) >= 11 is 1.07. The highest BCUT2D eigenvalue weighted by Gasteiger charge is 2.44. The van der Waals surface area contributed by atoms with Crippen LogP contribution in [0.1, 0.15) is 16.0 Å². The molecule has 0 aliphatic carbocycles. The SMILES string of the molecule is COC=C(C(=O)OC)c1cnc(OCc2ccc(OC(F)(F)C(F)F)cc2C)s1. The van der Waals surface area contributed by atoms with E-state index in [2.05, 4.69) is 14.5 Å². The van der Waals surface area contributed by atoms with Gasteiger partial charge in [0.15, 0.2) is 0 Å². The summed E-state index contributed by atoms with van der Waals surface area (Å²) in [6, 6.07) is 3.77. The summed E-state index contributed by atoms with van der Waals surface area (Å²) < 4.78 is 69.6. The van der Waals surface area contributed by atoms with Crippen LogP contribution in [0.3, 0.4) is 0 Å². The van der Waals surface area contributed by atoms with E-state index in [9.17, 15) is 22.4 Å². The molecule has 6 nitrogen and oxygen atoms in total. The van der Waals surface area contributed by atoms with Crippen LogP contribution < -0.4 is 9.47 Å². The summed E-state index contributed by atoms with van der Waals surface area (Å²) in [5, 5.41) is 0.245. The number of esters is 1. The van der Waals surface area contributed by atoms with Gasteiger partial charge >= 0.3 is 18.5 Å². The van der Waals surface area contributed by atoms with Gasteiger partial charge in [-0.25, -0.2) is 9.78 Å². The molecule has 1 heterocycles. The Morgan fingerprint density at radius 3 is 2.62 bits per heavy atom. The fourth-order valence-electron chi connectivity index (χ4n) is 2.12. The molecule has 0 aliphatic rings. The number of hydrogen-bond acceptors (Lipinski definition) is 7. The van der Waals surface area contributed by atoms with E-state index in [1.165, 1.54) is 38.8 Å². The maximum atomic E-state index is 13.0. The van der Waals surface area contributed by atoms with Crippen molar-refractivity contribution in [2.45, 2.75) is 26.1 Å². The van der Waals surface area contributed by atoms with Gasteiger partial charge in [-0.15, -0.1) is 0 Å². The third kappa shape index (κ3) is 5.83. The summed E-state index contributed by atoms with van der Waals surface area (Å²) in [7, 11) is 2.62. The van der Waals surface area contributed by atoms with E-state index in [-0.39, 0.29) is 23.1 Å². The number of thiazole rings is 1. The van der Waals surface area contributed by atoms with Crippen LogP contribution in [-0.2, 0) is 20.9 Å². The molecule has 0 aliphatic heterocycles. The predicted molar refractivity (Wildman–Crippen MR) is 96.2 cm³/mol. The molecule has 1 aromatic carbocycles. The van der Waals surface area contributed by atoms with Gasteiger partial charge < -0.3 is 18.9 Å². The van der Waals surface area contributed by atoms with E-state index >= 15 is 0 Å². The van der Waals surface area contributed by atoms with Gasteiger partial charge in [0.1, 0.15) is 17.9 Å². The molecule has 0 N–H and O–H groups in total. The van der Waals surface area contributed by atoms with Crippen LogP contribution in [-0.4, -0.2) is 37.7 Å². The molecule has 0 unspecified atom stereocenters. The molecule has 0 fully saturated rings. The lowest BCUT2D eigenvalue weighted by atomic mass is 10.1. The summed E-state index contributed by atoms with van der Waals surface area (Å²) in [5.74, 6) is -0.991. The lowest BCUT2D eigenvalue weighted by Gasteiger charge is -2.17. The summed E-state index contributed by atoms with van der Waals surface area (Å²) in [4.78, 5) is 16.3. The zero-order valence-corrected chi connectivity index (χ0v) is 16.4. The Kier molecular flexibility index (Phi) is 7.43. The van der Waals surface area contributed by atoms with E-state index < -0.39 is 18.5 Å². The monoisotopic (exact) mass is 435 g/mol. The number of aryl methyl sites for hydroxylation is 1. The molecular formula is C18H17F4NO5S. The molecule has 0 bridgehead atoms. The highest BCUT2D eigenvalue weighted by Crippen LogP contribution is 2.30. The van der Waals surface area contributed by atoms with Crippen molar-refractivity contribution in [2.24, 2.45) is 0 Å². The minimum Gasteiger partial charge on any atom is -0.503 e. The van der Waals surface area contributed by atoms with E-state index in [0.29, 0.717) is 16.0 Å². The highest BCUT2D eigenvalue weighted by atomic mass is 32.1. The van der Waals surface area contributed by atoms with Gasteiger partial charge in [0.25, 0.3) is 5.19 Å². The van der Waals surface area contributed by atoms with Crippen LogP contribution >= 0.6 is 11.3 Å². The Bertz CT molecular complexity index is 885. The largest absolute Gasteiger partial charge is 0.503 e. The highest BCUT2D eigenvalue weighted by molar-refractivity contribution is 7.14. The van der Waals surface area contributed by atoms with Gasteiger partial charge in [0.2, 0.25) is 0 Å². The van der Waals surface area contributed by atoms with E-state index in [1.807, 2.05) is 0 Å². The molecule has 29 heavy (non-hydrogen) atoms. The van der Waals surface area contributed by atoms with Crippen molar-refractivity contribution in [3.63, 3.8) is 0 Å². The smallest absolute Gasteiger partial charge is 0.461 e. The van der Waals surface area contributed by atoms with Gasteiger partial charge in [0.05, 0.1) is 31.6 Å². The Morgan fingerprint density at radius 1 is 1.31 bits per heavy atom. The molecule has 11 heteroatoms. The minimum atomic E-state index is -4.57. The van der Waals surface area contributed by atoms with Crippen LogP contribution in [0.5, 0.6) is 10.9 Å². The summed E-state index contributed by atoms with van der Waals surface area (Å²) in [5.41, 5.74) is 1.27. The van der Waals surface area contributed by atoms with Crippen LogP contribution in [0, 0.1) is 6.92 Å². The first kappa shape index (κ1) is 22.5. The minimum absolute atomic E-state index is 0.0336. The number of alkyl halides is 4. The fourth-order valence-corrected chi connectivity index (χ4v) is 2.88. The lowest BCUT2D eigenvalue weighted by Crippen LogP contribution is -2.33. The average Bonchev–Trinajstić information content (AvgIpc) is 3.13. The number of nitrogens with zero attached hydrogens (tertiary/aromatic N) is 1. The van der Waals surface area contributed by atoms with Gasteiger partial charge in [-0.1, -0.05) is 17.4 Å². The van der Waals surface area contributed by atoms with Crippen LogP contribution in [0.4, 0.5) is 17.6 Å². The van der Waals surface area contributed by atoms with Crippen molar-refractivity contribution in [3.05, 3.63) is 46.7 Å². The normalized spacial score (nSPS) is 12.1. The molecular weight excluding hydrogens is 418 g/mol. The van der Waals surface area contributed by atoms with Crippen molar-refractivity contribution in [1.82, 2.24) is 4.98 Å². The molecule has 0 atom stereocenters. The van der Waals surface area contributed by atoms with E-state index in [4.69, 9.17) is 9.47 Å². The van der Waals surface area contributed by atoms with Crippen LogP contribution in [0.2, 0.25) is 0 Å². The van der Waals surface area contributed by atoms with Gasteiger partial charge in [-0.05, 0) is 30.2 Å². The number of hydrogen-bond donors (Lipinski definition) is 0. The number of ether oxygens (including phenoxy) is 4. The van der Waals surface area contributed by atoms with Gasteiger partial charge in [-0.2, -0.15) is 17.6 Å². The molecule has 2 aromatic rings. The number of carbonyl (C=O) groups is 1. The number of halogens is 4. The average molecular weight is 435 g/mol. The maximum Gasteiger partial charge on any atom is 0.461 e. The zero-order chi connectivity index (χ0) is 21.6. The first-order valence-corrected chi connectivity index (χ1v) is 8.84. The molecule has 1 aromatic heterocycles. The predicted octanol–water partition coefficient (Wildman–Crippen LogP) is 4.43. The van der Waals surface area contributed by atoms with Crippen molar-refractivity contribution in [3.8, 4) is 10.9 Å². The fraction of sp³-hybridized carbons (Fsp3) is 0.333. The second-order valence-electron chi connectivity index (χ2n) is 5.59.